The average Bonchev–Trinajstić information content (AvgIpc) is 3.25. The van der Waals surface area contributed by atoms with Crippen LogP contribution in [0.4, 0.5) is 24.5 Å². The summed E-state index contributed by atoms with van der Waals surface area (Å²) in [4.78, 5) is 0. The Kier molecular flexibility index (Phi) is 7.79. The van der Waals surface area contributed by atoms with E-state index in [2.05, 4.69) is 28.5 Å². The van der Waals surface area contributed by atoms with E-state index in [-0.39, 0.29) is 16.9 Å². The van der Waals surface area contributed by atoms with Crippen molar-refractivity contribution in [3.8, 4) is 11.1 Å². The lowest BCUT2D eigenvalue weighted by molar-refractivity contribution is 0.548. The number of likely N-dealkylation sites (N-methyl/N-ethyl adjacent to an activating group) is 1. The van der Waals surface area contributed by atoms with Crippen LogP contribution in [-0.4, -0.2) is 25.9 Å². The molecule has 3 rings (SSSR count). The van der Waals surface area contributed by atoms with Crippen LogP contribution in [0.1, 0.15) is 24.8 Å². The van der Waals surface area contributed by atoms with Gasteiger partial charge in [-0.25, -0.2) is 13.2 Å². The van der Waals surface area contributed by atoms with Gasteiger partial charge < -0.3 is 21.1 Å². The average molecular weight is 463 g/mol. The largest absolute Gasteiger partial charge is 0.396 e. The Hall–Kier alpha value is -2.58. The maximum absolute atomic E-state index is 15.2. The third-order valence-corrected chi connectivity index (χ3v) is 6.98. The van der Waals surface area contributed by atoms with E-state index >= 15 is 8.78 Å². The van der Waals surface area contributed by atoms with E-state index in [1.54, 1.807) is 7.05 Å². The van der Waals surface area contributed by atoms with Gasteiger partial charge in [0.25, 0.3) is 0 Å². The number of benzene rings is 2. The van der Waals surface area contributed by atoms with Gasteiger partial charge in [0.15, 0.2) is 11.6 Å². The Balaban J connectivity index is 1.83. The second-order valence-corrected chi connectivity index (χ2v) is 8.78. The number of nitrogen functional groups attached to an aromatic ring is 1. The van der Waals surface area contributed by atoms with Crippen LogP contribution < -0.4 is 21.1 Å². The molecule has 0 radical (unpaired) electrons. The minimum atomic E-state index is -0.904. The Morgan fingerprint density at radius 3 is 2.50 bits per heavy atom. The van der Waals surface area contributed by atoms with E-state index < -0.39 is 23.0 Å². The van der Waals surface area contributed by atoms with Crippen LogP contribution in [0.5, 0.6) is 0 Å². The second kappa shape index (κ2) is 10.4. The summed E-state index contributed by atoms with van der Waals surface area (Å²) in [5, 5.41) is 6.10. The van der Waals surface area contributed by atoms with Crippen molar-refractivity contribution < 1.29 is 13.2 Å². The molecule has 32 heavy (non-hydrogen) atoms. The first-order valence-corrected chi connectivity index (χ1v) is 11.4. The van der Waals surface area contributed by atoms with Gasteiger partial charge in [-0.15, -0.1) is 0 Å². The highest BCUT2D eigenvalue weighted by molar-refractivity contribution is 8.00. The van der Waals surface area contributed by atoms with Crippen molar-refractivity contribution in [2.24, 2.45) is 5.92 Å². The molecular weight excluding hydrogens is 433 g/mol. The predicted molar refractivity (Wildman–Crippen MR) is 130 cm³/mol. The number of nitrogens with two attached hydrogens (primary N) is 1. The summed E-state index contributed by atoms with van der Waals surface area (Å²) in [5.41, 5.74) is 6.29. The molecule has 2 aromatic rings. The van der Waals surface area contributed by atoms with E-state index in [1.807, 2.05) is 7.05 Å². The molecule has 4 nitrogen and oxygen atoms in total. The molecule has 0 aliphatic heterocycles. The van der Waals surface area contributed by atoms with Gasteiger partial charge in [0.1, 0.15) is 5.82 Å². The molecule has 172 valence electrons. The molecule has 2 aromatic carbocycles. The lowest BCUT2D eigenvalue weighted by atomic mass is 9.96. The van der Waals surface area contributed by atoms with E-state index in [0.29, 0.717) is 28.8 Å². The van der Waals surface area contributed by atoms with Gasteiger partial charge in [0.05, 0.1) is 16.9 Å². The van der Waals surface area contributed by atoms with Crippen molar-refractivity contribution in [2.45, 2.75) is 25.3 Å². The lowest BCUT2D eigenvalue weighted by Crippen LogP contribution is -2.21. The first-order valence-electron chi connectivity index (χ1n) is 10.5. The second-order valence-electron chi connectivity index (χ2n) is 7.96. The Bertz CT molecular complexity index is 1020. The molecule has 1 aliphatic rings. The fourth-order valence-corrected chi connectivity index (χ4v) is 4.90. The number of rotatable bonds is 9. The van der Waals surface area contributed by atoms with Gasteiger partial charge in [0, 0.05) is 35.7 Å². The highest BCUT2D eigenvalue weighted by Crippen LogP contribution is 2.38. The molecule has 2 unspecified atom stereocenters. The minimum absolute atomic E-state index is 0.101. The molecule has 0 saturated heterocycles. The molecule has 1 aliphatic carbocycles. The summed E-state index contributed by atoms with van der Waals surface area (Å²) in [6.07, 6.45) is 3.31. The molecule has 1 saturated carbocycles. The smallest absolute Gasteiger partial charge is 0.157 e. The molecule has 0 aromatic heterocycles. The van der Waals surface area contributed by atoms with Gasteiger partial charge in [-0.3, -0.25) is 0 Å². The summed E-state index contributed by atoms with van der Waals surface area (Å²) in [5.74, 6) is -1.30. The first kappa shape index (κ1) is 24.1. The summed E-state index contributed by atoms with van der Waals surface area (Å²) >= 11 is 1.37. The third kappa shape index (κ3) is 4.91. The fourth-order valence-electron chi connectivity index (χ4n) is 3.97. The van der Waals surface area contributed by atoms with E-state index in [9.17, 15) is 4.39 Å². The monoisotopic (exact) mass is 462 g/mol. The van der Waals surface area contributed by atoms with Crippen LogP contribution in [0.3, 0.4) is 0 Å². The number of hydrogen-bond donors (Lipinski definition) is 4. The van der Waals surface area contributed by atoms with Crippen molar-refractivity contribution >= 4 is 28.9 Å². The van der Waals surface area contributed by atoms with Crippen molar-refractivity contribution in [2.75, 3.05) is 30.3 Å². The van der Waals surface area contributed by atoms with Crippen LogP contribution in [0.2, 0.25) is 0 Å². The minimum Gasteiger partial charge on any atom is -0.396 e. The highest BCUT2D eigenvalue weighted by Gasteiger charge is 2.24. The number of anilines is 2. The molecule has 0 amide bonds. The molecule has 8 heteroatoms. The quantitative estimate of drug-likeness (QED) is 0.224. The standard InChI is InChI=1S/C24H29F3N4S/c1-13(14(2)29-3)17-7-8-18(22(26)24(17)28)21-19(25)9-10-20(23(21)27)31-32-12-15-5-6-16(11-15)30-4/h7-10,15-16,29-31H,1-2,5-6,11-12,28H2,3-4H3. The predicted octanol–water partition coefficient (Wildman–Crippen LogP) is 5.55. The van der Waals surface area contributed by atoms with E-state index in [0.717, 1.165) is 31.1 Å². The van der Waals surface area contributed by atoms with Gasteiger partial charge >= 0.3 is 0 Å². The first-order chi connectivity index (χ1) is 15.3. The molecule has 0 heterocycles. The maximum Gasteiger partial charge on any atom is 0.157 e. The highest BCUT2D eigenvalue weighted by atomic mass is 32.2. The Labute approximate surface area is 191 Å². The zero-order chi connectivity index (χ0) is 23.4. The van der Waals surface area contributed by atoms with Crippen molar-refractivity contribution in [3.63, 3.8) is 0 Å². The normalized spacial score (nSPS) is 17.9. The fraction of sp³-hybridized carbons (Fsp3) is 0.333. The molecular formula is C24H29F3N4S. The van der Waals surface area contributed by atoms with Gasteiger partial charge in [-0.2, -0.15) is 0 Å². The molecule has 1 fully saturated rings. The number of nitrogens with one attached hydrogen (secondary N) is 3. The summed E-state index contributed by atoms with van der Waals surface area (Å²) in [7, 11) is 3.61. The molecule has 0 bridgehead atoms. The van der Waals surface area contributed by atoms with Crippen LogP contribution in [0.15, 0.2) is 43.1 Å². The van der Waals surface area contributed by atoms with Crippen LogP contribution in [0, 0.1) is 23.4 Å². The zero-order valence-corrected chi connectivity index (χ0v) is 19.1. The van der Waals surface area contributed by atoms with Gasteiger partial charge in [-0.05, 0) is 49.9 Å². The van der Waals surface area contributed by atoms with Gasteiger partial charge in [0.2, 0.25) is 0 Å². The summed E-state index contributed by atoms with van der Waals surface area (Å²) < 4.78 is 47.9. The SMILES string of the molecule is C=C(NC)C(=C)c1ccc(-c2c(F)ccc(NSCC3CCC(NC)C3)c2F)c(F)c1N. The Morgan fingerprint density at radius 2 is 1.84 bits per heavy atom. The summed E-state index contributed by atoms with van der Waals surface area (Å²) in [6.45, 7) is 7.64. The van der Waals surface area contributed by atoms with Crippen molar-refractivity contribution in [3.05, 3.63) is 66.1 Å². The third-order valence-electron chi connectivity index (χ3n) is 5.98. The Morgan fingerprint density at radius 1 is 1.09 bits per heavy atom. The lowest BCUT2D eigenvalue weighted by Gasteiger charge is -2.16. The molecule has 5 N–H and O–H groups in total. The number of hydrogen-bond acceptors (Lipinski definition) is 5. The van der Waals surface area contributed by atoms with E-state index in [4.69, 9.17) is 5.73 Å². The zero-order valence-electron chi connectivity index (χ0n) is 18.3. The van der Waals surface area contributed by atoms with Crippen LogP contribution >= 0.6 is 11.9 Å². The van der Waals surface area contributed by atoms with Crippen LogP contribution in [0.25, 0.3) is 16.7 Å². The van der Waals surface area contributed by atoms with Crippen molar-refractivity contribution in [1.29, 1.82) is 0 Å². The molecule has 2 atom stereocenters. The number of halogens is 3. The van der Waals surface area contributed by atoms with Gasteiger partial charge in [-0.1, -0.05) is 37.2 Å². The maximum atomic E-state index is 15.2. The van der Waals surface area contributed by atoms with Crippen molar-refractivity contribution in [1.82, 2.24) is 10.6 Å². The summed E-state index contributed by atoms with van der Waals surface area (Å²) in [6, 6.07) is 5.77. The van der Waals surface area contributed by atoms with Crippen LogP contribution in [-0.2, 0) is 0 Å². The topological polar surface area (TPSA) is 62.1 Å². The van der Waals surface area contributed by atoms with E-state index in [1.165, 1.54) is 30.1 Å². The number of allylic oxidation sites excluding steroid dienone is 1. The molecule has 0 spiro atoms.